The number of aryl methyl sites for hydroxylation is 1. The first-order valence-corrected chi connectivity index (χ1v) is 5.00. The second kappa shape index (κ2) is 5.46. The Balaban J connectivity index is 2.95. The molecule has 1 atom stereocenters. The summed E-state index contributed by atoms with van der Waals surface area (Å²) in [7, 11) is 1.60. The van der Waals surface area contributed by atoms with Gasteiger partial charge in [0, 0.05) is 19.3 Å². The number of anilines is 1. The summed E-state index contributed by atoms with van der Waals surface area (Å²) in [5.41, 5.74) is 0.903. The van der Waals surface area contributed by atoms with Crippen LogP contribution in [0.5, 0.6) is 0 Å². The van der Waals surface area contributed by atoms with Crippen LogP contribution in [0.1, 0.15) is 22.8 Å². The minimum Gasteiger partial charge on any atom is -0.478 e. The van der Waals surface area contributed by atoms with Crippen molar-refractivity contribution in [3.8, 4) is 0 Å². The molecule has 16 heavy (non-hydrogen) atoms. The van der Waals surface area contributed by atoms with Crippen molar-refractivity contribution in [2.45, 2.75) is 19.9 Å². The van der Waals surface area contributed by atoms with E-state index in [1.165, 1.54) is 0 Å². The third-order valence-corrected chi connectivity index (χ3v) is 2.17. The van der Waals surface area contributed by atoms with Crippen LogP contribution in [0, 0.1) is 6.92 Å². The number of ether oxygens (including phenoxy) is 1. The van der Waals surface area contributed by atoms with Gasteiger partial charge in [0.15, 0.2) is 0 Å². The molecule has 0 saturated heterocycles. The molecule has 0 aliphatic rings. The topological polar surface area (TPSA) is 71.5 Å². The van der Waals surface area contributed by atoms with Crippen molar-refractivity contribution in [1.29, 1.82) is 0 Å². The molecule has 0 bridgehead atoms. The lowest BCUT2D eigenvalue weighted by atomic mass is 10.1. The Morgan fingerprint density at radius 1 is 1.69 bits per heavy atom. The second-order valence-corrected chi connectivity index (χ2v) is 3.66. The van der Waals surface area contributed by atoms with Crippen LogP contribution < -0.4 is 5.32 Å². The number of carbonyl (C=O) groups is 1. The van der Waals surface area contributed by atoms with Gasteiger partial charge in [-0.25, -0.2) is 9.78 Å². The van der Waals surface area contributed by atoms with Crippen LogP contribution in [-0.4, -0.2) is 35.8 Å². The molecule has 88 valence electrons. The summed E-state index contributed by atoms with van der Waals surface area (Å²) in [5, 5.41) is 12.1. The Bertz CT molecular complexity index is 379. The predicted molar refractivity (Wildman–Crippen MR) is 60.9 cm³/mol. The molecule has 5 heteroatoms. The first-order valence-electron chi connectivity index (χ1n) is 5.00. The number of pyridine rings is 1. The number of carboxylic acids is 1. The zero-order valence-corrected chi connectivity index (χ0v) is 9.65. The van der Waals surface area contributed by atoms with Gasteiger partial charge in [-0.05, 0) is 25.5 Å². The average molecular weight is 224 g/mol. The van der Waals surface area contributed by atoms with Gasteiger partial charge in [-0.2, -0.15) is 0 Å². The van der Waals surface area contributed by atoms with E-state index in [0.29, 0.717) is 18.0 Å². The number of hydrogen-bond donors (Lipinski definition) is 2. The number of rotatable bonds is 5. The highest BCUT2D eigenvalue weighted by atomic mass is 16.5. The van der Waals surface area contributed by atoms with Gasteiger partial charge < -0.3 is 15.2 Å². The van der Waals surface area contributed by atoms with Crippen molar-refractivity contribution in [3.05, 3.63) is 23.4 Å². The lowest BCUT2D eigenvalue weighted by Gasteiger charge is -2.15. The van der Waals surface area contributed by atoms with Crippen LogP contribution in [0.3, 0.4) is 0 Å². The lowest BCUT2D eigenvalue weighted by Crippen LogP contribution is -2.23. The molecule has 0 spiro atoms. The fraction of sp³-hybridized carbons (Fsp3) is 0.455. The Labute approximate surface area is 94.5 Å². The van der Waals surface area contributed by atoms with E-state index in [2.05, 4.69) is 10.3 Å². The van der Waals surface area contributed by atoms with Crippen molar-refractivity contribution >= 4 is 11.8 Å². The van der Waals surface area contributed by atoms with Gasteiger partial charge >= 0.3 is 5.97 Å². The smallest absolute Gasteiger partial charge is 0.339 e. The normalized spacial score (nSPS) is 12.2. The van der Waals surface area contributed by atoms with Gasteiger partial charge in [0.25, 0.3) is 0 Å². The molecule has 0 fully saturated rings. The quantitative estimate of drug-likeness (QED) is 0.793. The maximum absolute atomic E-state index is 11.1. The summed E-state index contributed by atoms with van der Waals surface area (Å²) in [4.78, 5) is 15.1. The maximum atomic E-state index is 11.1. The van der Waals surface area contributed by atoms with E-state index in [1.807, 2.05) is 6.92 Å². The van der Waals surface area contributed by atoms with Crippen LogP contribution >= 0.6 is 0 Å². The number of aromatic carboxylic acids is 1. The standard InChI is InChI=1S/C11H16N2O3/c1-7-4-5-12-10(9(7)11(14)15)13-8(2)6-16-3/h4-5,8H,6H2,1-3H3,(H,12,13)(H,14,15). The molecule has 1 aromatic heterocycles. The van der Waals surface area contributed by atoms with Crippen molar-refractivity contribution in [2.24, 2.45) is 0 Å². The first-order chi connectivity index (χ1) is 7.56. The van der Waals surface area contributed by atoms with Crippen molar-refractivity contribution in [3.63, 3.8) is 0 Å². The Morgan fingerprint density at radius 3 is 2.94 bits per heavy atom. The van der Waals surface area contributed by atoms with Crippen molar-refractivity contribution < 1.29 is 14.6 Å². The molecule has 1 rings (SSSR count). The van der Waals surface area contributed by atoms with Gasteiger partial charge in [-0.15, -0.1) is 0 Å². The number of methoxy groups -OCH3 is 1. The molecule has 0 aliphatic carbocycles. The molecule has 1 unspecified atom stereocenters. The monoisotopic (exact) mass is 224 g/mol. The third-order valence-electron chi connectivity index (χ3n) is 2.17. The first kappa shape index (κ1) is 12.4. The van der Waals surface area contributed by atoms with E-state index < -0.39 is 5.97 Å². The van der Waals surface area contributed by atoms with Crippen LogP contribution in [0.15, 0.2) is 12.3 Å². The summed E-state index contributed by atoms with van der Waals surface area (Å²) in [6, 6.07) is 1.69. The van der Waals surface area contributed by atoms with E-state index >= 15 is 0 Å². The fourth-order valence-electron chi connectivity index (χ4n) is 1.46. The highest BCUT2D eigenvalue weighted by Crippen LogP contribution is 2.17. The van der Waals surface area contributed by atoms with Crippen LogP contribution in [0.25, 0.3) is 0 Å². The largest absolute Gasteiger partial charge is 0.478 e. The number of aromatic nitrogens is 1. The minimum absolute atomic E-state index is 0.0115. The Kier molecular flexibility index (Phi) is 4.25. The number of carboxylic acid groups (broad SMARTS) is 1. The second-order valence-electron chi connectivity index (χ2n) is 3.66. The summed E-state index contributed by atoms with van der Waals surface area (Å²) in [6.45, 7) is 4.14. The molecule has 1 aromatic rings. The molecular formula is C11H16N2O3. The fourth-order valence-corrected chi connectivity index (χ4v) is 1.46. The summed E-state index contributed by atoms with van der Waals surface area (Å²) in [6.07, 6.45) is 1.59. The molecule has 0 amide bonds. The van der Waals surface area contributed by atoms with Gasteiger partial charge in [0.05, 0.1) is 6.61 Å². The average Bonchev–Trinajstić information content (AvgIpc) is 2.17. The summed E-state index contributed by atoms with van der Waals surface area (Å²) >= 11 is 0. The lowest BCUT2D eigenvalue weighted by molar-refractivity contribution is 0.0696. The van der Waals surface area contributed by atoms with E-state index in [4.69, 9.17) is 9.84 Å². The molecule has 0 aromatic carbocycles. The van der Waals surface area contributed by atoms with E-state index in [9.17, 15) is 4.79 Å². The summed E-state index contributed by atoms with van der Waals surface area (Å²) in [5.74, 6) is -0.588. The van der Waals surface area contributed by atoms with Gasteiger partial charge in [0.1, 0.15) is 11.4 Å². The molecule has 0 aliphatic heterocycles. The molecule has 0 radical (unpaired) electrons. The number of nitrogens with one attached hydrogen (secondary N) is 1. The summed E-state index contributed by atoms with van der Waals surface area (Å²) < 4.78 is 4.97. The highest BCUT2D eigenvalue weighted by molar-refractivity contribution is 5.94. The zero-order chi connectivity index (χ0) is 12.1. The van der Waals surface area contributed by atoms with E-state index in [1.54, 1.807) is 26.3 Å². The van der Waals surface area contributed by atoms with Gasteiger partial charge in [-0.1, -0.05) is 0 Å². The predicted octanol–water partition coefficient (Wildman–Crippen LogP) is 1.54. The minimum atomic E-state index is -0.974. The van der Waals surface area contributed by atoms with Gasteiger partial charge in [0.2, 0.25) is 0 Å². The van der Waals surface area contributed by atoms with Crippen LogP contribution in [-0.2, 0) is 4.74 Å². The number of hydrogen-bond acceptors (Lipinski definition) is 4. The SMILES string of the molecule is COCC(C)Nc1nccc(C)c1C(=O)O. The van der Waals surface area contributed by atoms with Crippen molar-refractivity contribution in [1.82, 2.24) is 4.98 Å². The molecule has 1 heterocycles. The third kappa shape index (κ3) is 2.93. The Hall–Kier alpha value is -1.62. The van der Waals surface area contributed by atoms with Crippen LogP contribution in [0.4, 0.5) is 5.82 Å². The Morgan fingerprint density at radius 2 is 2.38 bits per heavy atom. The molecular weight excluding hydrogens is 208 g/mol. The number of nitrogens with zero attached hydrogens (tertiary/aromatic N) is 1. The van der Waals surface area contributed by atoms with Crippen molar-refractivity contribution in [2.75, 3.05) is 19.0 Å². The zero-order valence-electron chi connectivity index (χ0n) is 9.65. The van der Waals surface area contributed by atoms with E-state index in [-0.39, 0.29) is 11.6 Å². The molecule has 5 nitrogen and oxygen atoms in total. The van der Waals surface area contributed by atoms with Crippen LogP contribution in [0.2, 0.25) is 0 Å². The van der Waals surface area contributed by atoms with E-state index in [0.717, 1.165) is 0 Å². The van der Waals surface area contributed by atoms with Gasteiger partial charge in [-0.3, -0.25) is 0 Å². The maximum Gasteiger partial charge on any atom is 0.339 e. The molecule has 2 N–H and O–H groups in total. The molecule has 0 saturated carbocycles. The highest BCUT2D eigenvalue weighted by Gasteiger charge is 2.15.